The first-order chi connectivity index (χ1) is 9.54. The van der Waals surface area contributed by atoms with Crippen LogP contribution in [0.5, 0.6) is 11.5 Å². The van der Waals surface area contributed by atoms with Crippen LogP contribution in [0.3, 0.4) is 0 Å². The van der Waals surface area contributed by atoms with Crippen molar-refractivity contribution < 1.29 is 14.6 Å². The Labute approximate surface area is 120 Å². The Morgan fingerprint density at radius 2 is 2.00 bits per heavy atom. The van der Waals surface area contributed by atoms with Crippen LogP contribution >= 0.6 is 0 Å². The number of hydrogen-bond donors (Lipinski definition) is 1. The lowest BCUT2D eigenvalue weighted by Crippen LogP contribution is -2.39. The van der Waals surface area contributed by atoms with Gasteiger partial charge in [0.2, 0.25) is 0 Å². The molecule has 1 N–H and O–H groups in total. The number of likely N-dealkylation sites (tertiary alicyclic amines) is 1. The van der Waals surface area contributed by atoms with Crippen LogP contribution in [0.2, 0.25) is 0 Å². The number of benzene rings is 1. The average molecular weight is 277 g/mol. The van der Waals surface area contributed by atoms with Gasteiger partial charge in [0.05, 0.1) is 12.7 Å². The highest BCUT2D eigenvalue weighted by Gasteiger charge is 2.27. The molecule has 2 rings (SSSR count). The van der Waals surface area contributed by atoms with Gasteiger partial charge < -0.3 is 14.7 Å². The predicted molar refractivity (Wildman–Crippen MR) is 78.1 cm³/mol. The van der Waals surface area contributed by atoms with Crippen molar-refractivity contribution in [3.8, 4) is 11.5 Å². The second-order valence-electron chi connectivity index (χ2n) is 5.73. The second-order valence-corrected chi connectivity index (χ2v) is 5.73. The number of amides is 1. The lowest BCUT2D eigenvalue weighted by Gasteiger charge is -2.34. The largest absolute Gasteiger partial charge is 0.504 e. The molecule has 0 saturated carbocycles. The number of hydrogen-bond acceptors (Lipinski definition) is 3. The number of rotatable bonds is 3. The molecular formula is C16H23NO3. The van der Waals surface area contributed by atoms with E-state index in [1.165, 1.54) is 7.11 Å². The van der Waals surface area contributed by atoms with Crippen molar-refractivity contribution in [3.05, 3.63) is 23.8 Å². The molecule has 4 heteroatoms. The molecule has 1 saturated heterocycles. The minimum absolute atomic E-state index is 0.0639. The normalized spacial score (nSPS) is 16.5. The average Bonchev–Trinajstić information content (AvgIpc) is 2.47. The summed E-state index contributed by atoms with van der Waals surface area (Å²) in [6.45, 7) is 5.99. The zero-order chi connectivity index (χ0) is 14.7. The lowest BCUT2D eigenvalue weighted by molar-refractivity contribution is 0.0664. The lowest BCUT2D eigenvalue weighted by atomic mass is 9.86. The van der Waals surface area contributed by atoms with E-state index < -0.39 is 0 Å². The van der Waals surface area contributed by atoms with Crippen LogP contribution in [-0.4, -0.2) is 36.1 Å². The van der Waals surface area contributed by atoms with Crippen molar-refractivity contribution in [1.82, 2.24) is 4.90 Å². The van der Waals surface area contributed by atoms with Crippen LogP contribution in [0.25, 0.3) is 0 Å². The summed E-state index contributed by atoms with van der Waals surface area (Å²) in [5.74, 6) is 1.53. The highest BCUT2D eigenvalue weighted by molar-refractivity contribution is 5.97. The standard InChI is InChI=1S/C16H23NO3/c1-11(2)12-7-9-17(10-8-12)16(19)13-5-4-6-14(20-3)15(13)18/h4-6,11-12,18H,7-10H2,1-3H3. The first-order valence-electron chi connectivity index (χ1n) is 7.19. The van der Waals surface area contributed by atoms with E-state index in [-0.39, 0.29) is 11.7 Å². The molecule has 0 atom stereocenters. The summed E-state index contributed by atoms with van der Waals surface area (Å²) in [6.07, 6.45) is 2.07. The zero-order valence-electron chi connectivity index (χ0n) is 12.4. The van der Waals surface area contributed by atoms with Gasteiger partial charge in [-0.05, 0) is 36.8 Å². The maximum absolute atomic E-state index is 12.5. The third-order valence-corrected chi connectivity index (χ3v) is 4.22. The molecule has 1 aliphatic heterocycles. The van der Waals surface area contributed by atoms with Crippen LogP contribution in [0.4, 0.5) is 0 Å². The van der Waals surface area contributed by atoms with Crippen LogP contribution in [0.1, 0.15) is 37.0 Å². The number of piperidine rings is 1. The van der Waals surface area contributed by atoms with Crippen molar-refractivity contribution in [2.24, 2.45) is 11.8 Å². The zero-order valence-corrected chi connectivity index (χ0v) is 12.4. The van der Waals surface area contributed by atoms with Crippen molar-refractivity contribution >= 4 is 5.91 Å². The number of ether oxygens (including phenoxy) is 1. The number of aromatic hydroxyl groups is 1. The molecule has 0 radical (unpaired) electrons. The molecule has 1 aromatic carbocycles. The van der Waals surface area contributed by atoms with Crippen molar-refractivity contribution in [2.45, 2.75) is 26.7 Å². The molecule has 1 aromatic rings. The smallest absolute Gasteiger partial charge is 0.257 e. The fourth-order valence-corrected chi connectivity index (χ4v) is 2.80. The summed E-state index contributed by atoms with van der Waals surface area (Å²) in [5, 5.41) is 10.1. The Morgan fingerprint density at radius 3 is 2.55 bits per heavy atom. The van der Waals surface area contributed by atoms with E-state index in [2.05, 4.69) is 13.8 Å². The van der Waals surface area contributed by atoms with Crippen molar-refractivity contribution in [1.29, 1.82) is 0 Å². The molecule has 0 aromatic heterocycles. The number of carbonyl (C=O) groups is 1. The van der Waals surface area contributed by atoms with Crippen LogP contribution in [-0.2, 0) is 0 Å². The molecule has 0 spiro atoms. The number of carbonyl (C=O) groups excluding carboxylic acids is 1. The molecule has 1 amide bonds. The third-order valence-electron chi connectivity index (χ3n) is 4.22. The molecule has 1 fully saturated rings. The maximum Gasteiger partial charge on any atom is 0.257 e. The van der Waals surface area contributed by atoms with Crippen LogP contribution in [0.15, 0.2) is 18.2 Å². The van der Waals surface area contributed by atoms with Gasteiger partial charge in [0.1, 0.15) is 0 Å². The van der Waals surface area contributed by atoms with E-state index in [1.807, 2.05) is 4.90 Å². The van der Waals surface area contributed by atoms with Gasteiger partial charge in [0, 0.05) is 13.1 Å². The monoisotopic (exact) mass is 277 g/mol. The Hall–Kier alpha value is -1.71. The Kier molecular flexibility index (Phi) is 4.53. The van der Waals surface area contributed by atoms with Gasteiger partial charge in [-0.1, -0.05) is 19.9 Å². The molecule has 4 nitrogen and oxygen atoms in total. The summed E-state index contributed by atoms with van der Waals surface area (Å²) < 4.78 is 5.05. The minimum atomic E-state index is -0.108. The number of phenolic OH excluding ortho intramolecular Hbond substituents is 1. The van der Waals surface area contributed by atoms with Crippen molar-refractivity contribution in [3.63, 3.8) is 0 Å². The van der Waals surface area contributed by atoms with E-state index in [1.54, 1.807) is 18.2 Å². The SMILES string of the molecule is COc1cccc(C(=O)N2CCC(C(C)C)CC2)c1O. The summed E-state index contributed by atoms with van der Waals surface area (Å²) in [6, 6.07) is 5.03. The molecule has 110 valence electrons. The molecular weight excluding hydrogens is 254 g/mol. The van der Waals surface area contributed by atoms with Gasteiger partial charge in [-0.2, -0.15) is 0 Å². The number of nitrogens with zero attached hydrogens (tertiary/aromatic N) is 1. The summed E-state index contributed by atoms with van der Waals surface area (Å²) in [4.78, 5) is 14.3. The van der Waals surface area contributed by atoms with E-state index >= 15 is 0 Å². The number of methoxy groups -OCH3 is 1. The molecule has 20 heavy (non-hydrogen) atoms. The van der Waals surface area contributed by atoms with Gasteiger partial charge in [0.15, 0.2) is 11.5 Å². The van der Waals surface area contributed by atoms with E-state index in [9.17, 15) is 9.90 Å². The Bertz CT molecular complexity index is 477. The van der Waals surface area contributed by atoms with Gasteiger partial charge in [-0.15, -0.1) is 0 Å². The molecule has 0 unspecified atom stereocenters. The summed E-state index contributed by atoms with van der Waals surface area (Å²) in [7, 11) is 1.48. The summed E-state index contributed by atoms with van der Waals surface area (Å²) in [5.41, 5.74) is 0.326. The highest BCUT2D eigenvalue weighted by Crippen LogP contribution is 2.32. The first kappa shape index (κ1) is 14.7. The number of phenols is 1. The van der Waals surface area contributed by atoms with Gasteiger partial charge >= 0.3 is 0 Å². The third kappa shape index (κ3) is 2.89. The summed E-state index contributed by atoms with van der Waals surface area (Å²) >= 11 is 0. The van der Waals surface area contributed by atoms with E-state index in [0.29, 0.717) is 23.1 Å². The van der Waals surface area contributed by atoms with Gasteiger partial charge in [-0.25, -0.2) is 0 Å². The molecule has 0 bridgehead atoms. The number of para-hydroxylation sites is 1. The molecule has 1 heterocycles. The van der Waals surface area contributed by atoms with E-state index in [4.69, 9.17) is 4.74 Å². The highest BCUT2D eigenvalue weighted by atomic mass is 16.5. The quantitative estimate of drug-likeness (QED) is 0.924. The van der Waals surface area contributed by atoms with Crippen LogP contribution < -0.4 is 4.74 Å². The minimum Gasteiger partial charge on any atom is -0.504 e. The first-order valence-corrected chi connectivity index (χ1v) is 7.19. The topological polar surface area (TPSA) is 49.8 Å². The fourth-order valence-electron chi connectivity index (χ4n) is 2.80. The second kappa shape index (κ2) is 6.16. The van der Waals surface area contributed by atoms with E-state index in [0.717, 1.165) is 25.9 Å². The van der Waals surface area contributed by atoms with Gasteiger partial charge in [0.25, 0.3) is 5.91 Å². The van der Waals surface area contributed by atoms with Crippen LogP contribution in [0, 0.1) is 11.8 Å². The van der Waals surface area contributed by atoms with Gasteiger partial charge in [-0.3, -0.25) is 4.79 Å². The van der Waals surface area contributed by atoms with Crippen molar-refractivity contribution in [2.75, 3.05) is 20.2 Å². The molecule has 0 aliphatic carbocycles. The Morgan fingerprint density at radius 1 is 1.35 bits per heavy atom. The Balaban J connectivity index is 2.09. The fraction of sp³-hybridized carbons (Fsp3) is 0.562. The maximum atomic E-state index is 12.5. The predicted octanol–water partition coefficient (Wildman–Crippen LogP) is 2.91. The molecule has 1 aliphatic rings.